The second-order valence-electron chi connectivity index (χ2n) is 7.18. The van der Waals surface area contributed by atoms with Gasteiger partial charge in [-0.1, -0.05) is 36.8 Å². The predicted molar refractivity (Wildman–Crippen MR) is 105 cm³/mol. The van der Waals surface area contributed by atoms with Crippen molar-refractivity contribution in [2.45, 2.75) is 38.8 Å². The molecule has 1 atom stereocenters. The van der Waals surface area contributed by atoms with E-state index in [-0.39, 0.29) is 0 Å². The Labute approximate surface area is 155 Å². The number of hydrogen-bond acceptors (Lipinski definition) is 3. The van der Waals surface area contributed by atoms with E-state index in [9.17, 15) is 0 Å². The van der Waals surface area contributed by atoms with E-state index in [2.05, 4.69) is 58.2 Å². The van der Waals surface area contributed by atoms with Crippen LogP contribution in [0.25, 0.3) is 11.3 Å². The molecule has 4 heteroatoms. The molecule has 26 heavy (non-hydrogen) atoms. The maximum atomic E-state index is 4.65. The van der Waals surface area contributed by atoms with Gasteiger partial charge < -0.3 is 4.57 Å². The lowest BCUT2D eigenvalue weighted by Crippen LogP contribution is -2.32. The molecule has 0 spiro atoms. The molecule has 1 saturated heterocycles. The van der Waals surface area contributed by atoms with Crippen molar-refractivity contribution in [2.24, 2.45) is 0 Å². The van der Waals surface area contributed by atoms with Crippen LogP contribution in [0.4, 0.5) is 0 Å². The molecule has 0 aliphatic carbocycles. The van der Waals surface area contributed by atoms with Crippen LogP contribution < -0.4 is 0 Å². The number of imidazole rings is 1. The smallest absolute Gasteiger partial charge is 0.0949 e. The minimum absolute atomic E-state index is 0.495. The van der Waals surface area contributed by atoms with Crippen LogP contribution >= 0.6 is 0 Å². The summed E-state index contributed by atoms with van der Waals surface area (Å²) in [5.74, 6) is 0. The van der Waals surface area contributed by atoms with Gasteiger partial charge in [-0.15, -0.1) is 0 Å². The van der Waals surface area contributed by atoms with Gasteiger partial charge in [-0.3, -0.25) is 9.88 Å². The summed E-state index contributed by atoms with van der Waals surface area (Å²) in [6, 6.07) is 13.7. The first-order chi connectivity index (χ1) is 12.8. The number of rotatable bonds is 5. The van der Waals surface area contributed by atoms with E-state index >= 15 is 0 Å². The molecule has 4 nitrogen and oxygen atoms in total. The van der Waals surface area contributed by atoms with Crippen LogP contribution in [0, 0.1) is 0 Å². The number of hydrogen-bond donors (Lipinski definition) is 0. The molecule has 1 aliphatic rings. The molecule has 2 aromatic heterocycles. The second kappa shape index (κ2) is 7.83. The van der Waals surface area contributed by atoms with Gasteiger partial charge in [0.25, 0.3) is 0 Å². The van der Waals surface area contributed by atoms with Gasteiger partial charge in [0.1, 0.15) is 0 Å². The molecule has 1 fully saturated rings. The monoisotopic (exact) mass is 346 g/mol. The molecule has 0 radical (unpaired) electrons. The molecular formula is C22H26N4. The first kappa shape index (κ1) is 17.0. The van der Waals surface area contributed by atoms with Gasteiger partial charge in [0.05, 0.1) is 12.0 Å². The van der Waals surface area contributed by atoms with Gasteiger partial charge in [0.2, 0.25) is 0 Å². The predicted octanol–water partition coefficient (Wildman–Crippen LogP) is 4.54. The minimum atomic E-state index is 0.495. The average Bonchev–Trinajstić information content (AvgIpc) is 3.22. The van der Waals surface area contributed by atoms with Crippen molar-refractivity contribution in [1.29, 1.82) is 0 Å². The van der Waals surface area contributed by atoms with Gasteiger partial charge in [-0.25, -0.2) is 4.98 Å². The van der Waals surface area contributed by atoms with Crippen LogP contribution in [0.15, 0.2) is 61.3 Å². The Bertz CT molecular complexity index is 800. The van der Waals surface area contributed by atoms with Crippen molar-refractivity contribution < 1.29 is 0 Å². The van der Waals surface area contributed by atoms with E-state index in [0.717, 1.165) is 12.2 Å². The van der Waals surface area contributed by atoms with Gasteiger partial charge >= 0.3 is 0 Å². The normalized spacial score (nSPS) is 16.5. The van der Waals surface area contributed by atoms with Gasteiger partial charge in [0, 0.05) is 36.7 Å². The van der Waals surface area contributed by atoms with Crippen molar-refractivity contribution in [1.82, 2.24) is 19.4 Å². The average molecular weight is 346 g/mol. The fourth-order valence-corrected chi connectivity index (χ4v) is 3.73. The standard InChI is InChI=1S/C22H26N4/c1-18(26-12-3-2-4-13-26)20-6-8-21(9-7-20)22-10-5-19(15-24-22)16-25-14-11-23-17-25/h5-11,14-15,17-18H,2-4,12-13,16H2,1H3. The number of pyridine rings is 1. The highest BCUT2D eigenvalue weighted by Gasteiger charge is 2.18. The highest BCUT2D eigenvalue weighted by molar-refractivity contribution is 5.59. The van der Waals surface area contributed by atoms with Gasteiger partial charge in [0.15, 0.2) is 0 Å². The van der Waals surface area contributed by atoms with E-state index in [4.69, 9.17) is 0 Å². The summed E-state index contributed by atoms with van der Waals surface area (Å²) in [5, 5.41) is 0. The van der Waals surface area contributed by atoms with Gasteiger partial charge in [-0.2, -0.15) is 0 Å². The Morgan fingerprint density at radius 3 is 2.46 bits per heavy atom. The lowest BCUT2D eigenvalue weighted by molar-refractivity contribution is 0.175. The molecule has 4 rings (SSSR count). The first-order valence-corrected chi connectivity index (χ1v) is 9.55. The van der Waals surface area contributed by atoms with Crippen LogP contribution in [0.3, 0.4) is 0 Å². The third-order valence-electron chi connectivity index (χ3n) is 5.38. The highest BCUT2D eigenvalue weighted by atomic mass is 15.2. The van der Waals surface area contributed by atoms with Crippen LogP contribution in [-0.2, 0) is 6.54 Å². The maximum absolute atomic E-state index is 4.65. The summed E-state index contributed by atoms with van der Waals surface area (Å²) in [6.07, 6.45) is 11.6. The fourth-order valence-electron chi connectivity index (χ4n) is 3.73. The lowest BCUT2D eigenvalue weighted by Gasteiger charge is -2.32. The lowest BCUT2D eigenvalue weighted by atomic mass is 10.0. The molecule has 0 bridgehead atoms. The molecule has 0 N–H and O–H groups in total. The summed E-state index contributed by atoms with van der Waals surface area (Å²) in [5.41, 5.74) is 4.78. The SMILES string of the molecule is CC(c1ccc(-c2ccc(Cn3ccnc3)cn2)cc1)N1CCCCC1. The zero-order valence-electron chi connectivity index (χ0n) is 15.4. The van der Waals surface area contributed by atoms with E-state index in [1.807, 2.05) is 23.3 Å². The zero-order valence-corrected chi connectivity index (χ0v) is 15.4. The van der Waals surface area contributed by atoms with Crippen molar-refractivity contribution in [2.75, 3.05) is 13.1 Å². The molecular weight excluding hydrogens is 320 g/mol. The Hall–Kier alpha value is -2.46. The largest absolute Gasteiger partial charge is 0.333 e. The molecule has 3 heterocycles. The van der Waals surface area contributed by atoms with Crippen molar-refractivity contribution in [3.05, 3.63) is 72.4 Å². The summed E-state index contributed by atoms with van der Waals surface area (Å²) in [7, 11) is 0. The molecule has 1 unspecified atom stereocenters. The maximum Gasteiger partial charge on any atom is 0.0949 e. The third-order valence-corrected chi connectivity index (χ3v) is 5.38. The van der Waals surface area contributed by atoms with E-state index in [1.165, 1.54) is 49.0 Å². The summed E-state index contributed by atoms with van der Waals surface area (Å²) >= 11 is 0. The van der Waals surface area contributed by atoms with Crippen LogP contribution in [0.2, 0.25) is 0 Å². The van der Waals surface area contributed by atoms with E-state index in [0.29, 0.717) is 6.04 Å². The number of piperidine rings is 1. The van der Waals surface area contributed by atoms with Crippen molar-refractivity contribution in [3.63, 3.8) is 0 Å². The number of benzene rings is 1. The molecule has 0 saturated carbocycles. The Balaban J connectivity index is 1.44. The highest BCUT2D eigenvalue weighted by Crippen LogP contribution is 2.26. The molecule has 1 aromatic carbocycles. The van der Waals surface area contributed by atoms with Crippen molar-refractivity contribution >= 4 is 0 Å². The Morgan fingerprint density at radius 2 is 1.81 bits per heavy atom. The molecule has 134 valence electrons. The topological polar surface area (TPSA) is 34.0 Å². The zero-order chi connectivity index (χ0) is 17.8. The number of aromatic nitrogens is 3. The minimum Gasteiger partial charge on any atom is -0.333 e. The van der Waals surface area contributed by atoms with Gasteiger partial charge in [-0.05, 0) is 50.0 Å². The number of likely N-dealkylation sites (tertiary alicyclic amines) is 1. The Morgan fingerprint density at radius 1 is 1.00 bits per heavy atom. The van der Waals surface area contributed by atoms with Crippen LogP contribution in [0.1, 0.15) is 43.4 Å². The quantitative estimate of drug-likeness (QED) is 0.680. The first-order valence-electron chi connectivity index (χ1n) is 9.55. The Kier molecular flexibility index (Phi) is 5.12. The van der Waals surface area contributed by atoms with Crippen molar-refractivity contribution in [3.8, 4) is 11.3 Å². The summed E-state index contributed by atoms with van der Waals surface area (Å²) in [4.78, 5) is 11.3. The second-order valence-corrected chi connectivity index (χ2v) is 7.18. The van der Waals surface area contributed by atoms with Crippen LogP contribution in [0.5, 0.6) is 0 Å². The third kappa shape index (κ3) is 3.86. The molecule has 3 aromatic rings. The fraction of sp³-hybridized carbons (Fsp3) is 0.364. The summed E-state index contributed by atoms with van der Waals surface area (Å²) in [6.45, 7) is 5.58. The van der Waals surface area contributed by atoms with E-state index < -0.39 is 0 Å². The molecule has 0 amide bonds. The van der Waals surface area contributed by atoms with E-state index in [1.54, 1.807) is 6.20 Å². The molecule has 1 aliphatic heterocycles. The summed E-state index contributed by atoms with van der Waals surface area (Å²) < 4.78 is 2.05. The van der Waals surface area contributed by atoms with Crippen LogP contribution in [-0.4, -0.2) is 32.5 Å². The number of nitrogens with zero attached hydrogens (tertiary/aromatic N) is 4.